The lowest BCUT2D eigenvalue weighted by molar-refractivity contribution is 0.0945. The molecular weight excluding hydrogens is 364 g/mol. The van der Waals surface area contributed by atoms with Crippen molar-refractivity contribution in [2.75, 3.05) is 12.4 Å². The standard InChI is InChI=1S/C20H19ClN4O2/c1-27-18-5-3-2-4-15(18)11-25-20(26)17-12-24-19(13-22-17)23-10-14-6-8-16(21)9-7-14/h2-9,12-13H,10-11H2,1H3,(H,23,24)(H,25,26). The summed E-state index contributed by atoms with van der Waals surface area (Å²) in [6.07, 6.45) is 2.98. The molecule has 3 aromatic rings. The van der Waals surface area contributed by atoms with Crippen LogP contribution in [0.1, 0.15) is 21.6 Å². The first-order valence-electron chi connectivity index (χ1n) is 8.36. The van der Waals surface area contributed by atoms with Crippen molar-refractivity contribution >= 4 is 23.3 Å². The van der Waals surface area contributed by atoms with Gasteiger partial charge in [-0.1, -0.05) is 41.9 Å². The van der Waals surface area contributed by atoms with Gasteiger partial charge in [0, 0.05) is 23.7 Å². The Bertz CT molecular complexity index is 899. The summed E-state index contributed by atoms with van der Waals surface area (Å²) in [5.41, 5.74) is 2.21. The first-order valence-corrected chi connectivity index (χ1v) is 8.74. The zero-order chi connectivity index (χ0) is 19.1. The van der Waals surface area contributed by atoms with Gasteiger partial charge in [-0.05, 0) is 23.8 Å². The topological polar surface area (TPSA) is 76.1 Å². The number of nitrogens with zero attached hydrogens (tertiary/aromatic N) is 2. The van der Waals surface area contributed by atoms with Crippen molar-refractivity contribution in [3.63, 3.8) is 0 Å². The number of carbonyl (C=O) groups is 1. The molecule has 2 aromatic carbocycles. The molecule has 0 aliphatic carbocycles. The summed E-state index contributed by atoms with van der Waals surface area (Å²) in [7, 11) is 1.60. The van der Waals surface area contributed by atoms with E-state index in [9.17, 15) is 4.79 Å². The molecule has 3 rings (SSSR count). The molecule has 0 atom stereocenters. The molecule has 0 aliphatic rings. The van der Waals surface area contributed by atoms with Crippen LogP contribution in [-0.2, 0) is 13.1 Å². The fourth-order valence-corrected chi connectivity index (χ4v) is 2.57. The Kier molecular flexibility index (Phi) is 6.22. The van der Waals surface area contributed by atoms with Crippen molar-refractivity contribution in [3.8, 4) is 5.75 Å². The molecule has 0 unspecified atom stereocenters. The largest absolute Gasteiger partial charge is 0.496 e. The lowest BCUT2D eigenvalue weighted by atomic mass is 10.2. The van der Waals surface area contributed by atoms with Gasteiger partial charge in [0.15, 0.2) is 0 Å². The molecule has 27 heavy (non-hydrogen) atoms. The van der Waals surface area contributed by atoms with Crippen LogP contribution in [0.5, 0.6) is 5.75 Å². The number of benzene rings is 2. The Labute approximate surface area is 162 Å². The Hall–Kier alpha value is -3.12. The maximum atomic E-state index is 12.3. The van der Waals surface area contributed by atoms with Crippen molar-refractivity contribution in [3.05, 3.63) is 82.8 Å². The number of amides is 1. The van der Waals surface area contributed by atoms with E-state index in [0.717, 1.165) is 16.9 Å². The van der Waals surface area contributed by atoms with Crippen LogP contribution in [0, 0.1) is 0 Å². The summed E-state index contributed by atoms with van der Waals surface area (Å²) in [5, 5.41) is 6.67. The van der Waals surface area contributed by atoms with Gasteiger partial charge >= 0.3 is 0 Å². The van der Waals surface area contributed by atoms with Gasteiger partial charge < -0.3 is 15.4 Å². The molecule has 138 valence electrons. The number of para-hydroxylation sites is 1. The molecule has 0 aliphatic heterocycles. The lowest BCUT2D eigenvalue weighted by Crippen LogP contribution is -2.24. The third-order valence-electron chi connectivity index (χ3n) is 3.90. The highest BCUT2D eigenvalue weighted by Crippen LogP contribution is 2.17. The highest BCUT2D eigenvalue weighted by molar-refractivity contribution is 6.30. The summed E-state index contributed by atoms with van der Waals surface area (Å²) in [4.78, 5) is 20.7. The second-order valence-corrected chi connectivity index (χ2v) is 6.20. The summed E-state index contributed by atoms with van der Waals surface area (Å²) in [6.45, 7) is 0.937. The average Bonchev–Trinajstić information content (AvgIpc) is 2.72. The monoisotopic (exact) mass is 382 g/mol. The van der Waals surface area contributed by atoms with Crippen LogP contribution >= 0.6 is 11.6 Å². The number of hydrogen-bond donors (Lipinski definition) is 2. The van der Waals surface area contributed by atoms with E-state index in [1.54, 1.807) is 7.11 Å². The van der Waals surface area contributed by atoms with Crippen molar-refractivity contribution in [1.82, 2.24) is 15.3 Å². The van der Waals surface area contributed by atoms with Crippen LogP contribution in [0.25, 0.3) is 0 Å². The number of aromatic nitrogens is 2. The maximum absolute atomic E-state index is 12.3. The minimum Gasteiger partial charge on any atom is -0.496 e. The molecule has 1 amide bonds. The Balaban J connectivity index is 1.54. The molecule has 0 fully saturated rings. The van der Waals surface area contributed by atoms with E-state index < -0.39 is 0 Å². The van der Waals surface area contributed by atoms with Gasteiger partial charge in [0.25, 0.3) is 5.91 Å². The van der Waals surface area contributed by atoms with Gasteiger partial charge in [0.2, 0.25) is 0 Å². The second-order valence-electron chi connectivity index (χ2n) is 5.76. The minimum atomic E-state index is -0.294. The third kappa shape index (κ3) is 5.18. The molecule has 6 nitrogen and oxygen atoms in total. The number of carbonyl (C=O) groups excluding carboxylic acids is 1. The molecule has 0 spiro atoms. The SMILES string of the molecule is COc1ccccc1CNC(=O)c1cnc(NCc2ccc(Cl)cc2)cn1. The molecule has 0 saturated heterocycles. The highest BCUT2D eigenvalue weighted by Gasteiger charge is 2.09. The first kappa shape index (κ1) is 18.7. The number of ether oxygens (including phenoxy) is 1. The Morgan fingerprint density at radius 1 is 1.04 bits per heavy atom. The third-order valence-corrected chi connectivity index (χ3v) is 4.16. The van der Waals surface area contributed by atoms with Gasteiger partial charge in [-0.3, -0.25) is 4.79 Å². The van der Waals surface area contributed by atoms with E-state index >= 15 is 0 Å². The number of anilines is 1. The quantitative estimate of drug-likeness (QED) is 0.651. The minimum absolute atomic E-state index is 0.252. The van der Waals surface area contributed by atoms with E-state index in [1.165, 1.54) is 12.4 Å². The molecule has 1 heterocycles. The maximum Gasteiger partial charge on any atom is 0.271 e. The molecule has 0 bridgehead atoms. The van der Waals surface area contributed by atoms with E-state index in [1.807, 2.05) is 48.5 Å². The van der Waals surface area contributed by atoms with Crippen LogP contribution in [0.3, 0.4) is 0 Å². The summed E-state index contributed by atoms with van der Waals surface area (Å²) < 4.78 is 5.27. The first-order chi connectivity index (χ1) is 13.2. The Morgan fingerprint density at radius 3 is 2.52 bits per heavy atom. The van der Waals surface area contributed by atoms with Gasteiger partial charge in [-0.2, -0.15) is 0 Å². The zero-order valence-corrected chi connectivity index (χ0v) is 15.5. The average molecular weight is 383 g/mol. The second kappa shape index (κ2) is 9.00. The van der Waals surface area contributed by atoms with E-state index in [0.29, 0.717) is 23.9 Å². The molecule has 0 saturated carbocycles. The smallest absolute Gasteiger partial charge is 0.271 e. The summed E-state index contributed by atoms with van der Waals surface area (Å²) >= 11 is 5.87. The van der Waals surface area contributed by atoms with Crippen LogP contribution < -0.4 is 15.4 Å². The number of nitrogens with one attached hydrogen (secondary N) is 2. The van der Waals surface area contributed by atoms with E-state index in [-0.39, 0.29) is 11.6 Å². The number of hydrogen-bond acceptors (Lipinski definition) is 5. The van der Waals surface area contributed by atoms with Gasteiger partial charge in [0.1, 0.15) is 17.3 Å². The highest BCUT2D eigenvalue weighted by atomic mass is 35.5. The number of methoxy groups -OCH3 is 1. The van der Waals surface area contributed by atoms with Crippen molar-refractivity contribution in [2.45, 2.75) is 13.1 Å². The van der Waals surface area contributed by atoms with E-state index in [2.05, 4.69) is 20.6 Å². The number of rotatable bonds is 7. The fraction of sp³-hybridized carbons (Fsp3) is 0.150. The van der Waals surface area contributed by atoms with Crippen molar-refractivity contribution in [2.24, 2.45) is 0 Å². The molecule has 1 aromatic heterocycles. The van der Waals surface area contributed by atoms with Crippen LogP contribution in [0.15, 0.2) is 60.9 Å². The van der Waals surface area contributed by atoms with Gasteiger partial charge in [0.05, 0.1) is 19.5 Å². The summed E-state index contributed by atoms with van der Waals surface area (Å²) in [5.74, 6) is 1.02. The van der Waals surface area contributed by atoms with Crippen LogP contribution in [-0.4, -0.2) is 23.0 Å². The lowest BCUT2D eigenvalue weighted by Gasteiger charge is -2.09. The fourth-order valence-electron chi connectivity index (χ4n) is 2.45. The molecule has 0 radical (unpaired) electrons. The van der Waals surface area contributed by atoms with Crippen molar-refractivity contribution < 1.29 is 9.53 Å². The molecular formula is C20H19ClN4O2. The predicted molar refractivity (Wildman–Crippen MR) is 105 cm³/mol. The predicted octanol–water partition coefficient (Wildman–Crippen LogP) is 3.68. The molecule has 7 heteroatoms. The summed E-state index contributed by atoms with van der Waals surface area (Å²) in [6, 6.07) is 15.1. The van der Waals surface area contributed by atoms with E-state index in [4.69, 9.17) is 16.3 Å². The van der Waals surface area contributed by atoms with Crippen LogP contribution in [0.2, 0.25) is 5.02 Å². The zero-order valence-electron chi connectivity index (χ0n) is 14.8. The Morgan fingerprint density at radius 2 is 1.81 bits per heavy atom. The van der Waals surface area contributed by atoms with Crippen LogP contribution in [0.4, 0.5) is 5.82 Å². The normalized spacial score (nSPS) is 10.3. The number of halogens is 1. The molecule has 2 N–H and O–H groups in total. The van der Waals surface area contributed by atoms with Gasteiger partial charge in [-0.15, -0.1) is 0 Å². The van der Waals surface area contributed by atoms with Crippen molar-refractivity contribution in [1.29, 1.82) is 0 Å². The van der Waals surface area contributed by atoms with Gasteiger partial charge in [-0.25, -0.2) is 9.97 Å².